The number of fused-ring (bicyclic) bond motifs is 2. The number of hydrogen-bond acceptors (Lipinski definition) is 7. The molecular formula is C39H45F2N5O5. The molecule has 51 heavy (non-hydrogen) atoms. The third-order valence-electron chi connectivity index (χ3n) is 9.31. The first-order chi connectivity index (χ1) is 24.2. The minimum Gasteiger partial charge on any atom is -0.478 e. The molecule has 1 aliphatic carbocycles. The Morgan fingerprint density at radius 2 is 1.80 bits per heavy atom. The van der Waals surface area contributed by atoms with Gasteiger partial charge in [-0.2, -0.15) is 5.10 Å². The third kappa shape index (κ3) is 7.89. The largest absolute Gasteiger partial charge is 0.478 e. The quantitative estimate of drug-likeness (QED) is 0.172. The standard InChI is InChI=1S/C39H45F2N5O5/c1-22(2)15-29-35(36(42)48)34(26-19-43-46(37(26)44-29)21-23-9-7-6-8-10-23)25-12-14-30-31(17-25)50-32(18-33(47)51-39(3,4)5)38(49)45(30)20-24-11-13-27(40)28(41)16-24/h11-14,16-17,19,22-23,32H,6-10,15,18,20-21H2,1-5H3,(H2,42,48). The maximum atomic E-state index is 14.2. The number of rotatable bonds is 10. The van der Waals surface area contributed by atoms with Crippen molar-refractivity contribution in [3.05, 3.63) is 71.1 Å². The topological polar surface area (TPSA) is 130 Å². The highest BCUT2D eigenvalue weighted by Crippen LogP contribution is 2.42. The molecule has 270 valence electrons. The summed E-state index contributed by atoms with van der Waals surface area (Å²) in [5, 5.41) is 5.40. The fourth-order valence-electron chi connectivity index (χ4n) is 7.11. The third-order valence-corrected chi connectivity index (χ3v) is 9.31. The number of aromatic nitrogens is 3. The van der Waals surface area contributed by atoms with E-state index in [0.29, 0.717) is 58.0 Å². The predicted molar refractivity (Wildman–Crippen MR) is 189 cm³/mol. The van der Waals surface area contributed by atoms with Gasteiger partial charge in [0, 0.05) is 17.5 Å². The van der Waals surface area contributed by atoms with Crippen molar-refractivity contribution in [2.75, 3.05) is 4.90 Å². The van der Waals surface area contributed by atoms with Crippen LogP contribution in [0.25, 0.3) is 22.2 Å². The molecule has 0 saturated heterocycles. The zero-order chi connectivity index (χ0) is 36.6. The van der Waals surface area contributed by atoms with Gasteiger partial charge in [0.25, 0.3) is 11.8 Å². The molecule has 2 aromatic carbocycles. The summed E-state index contributed by atoms with van der Waals surface area (Å²) >= 11 is 0. The monoisotopic (exact) mass is 701 g/mol. The van der Waals surface area contributed by atoms with Crippen LogP contribution in [0.5, 0.6) is 5.75 Å². The van der Waals surface area contributed by atoms with Gasteiger partial charge in [-0.1, -0.05) is 45.2 Å². The highest BCUT2D eigenvalue weighted by Gasteiger charge is 2.38. The normalized spacial score (nSPS) is 16.7. The smallest absolute Gasteiger partial charge is 0.310 e. The SMILES string of the molecule is CC(C)Cc1nc2c(cnn2CC2CCCCC2)c(-c2ccc3c(c2)OC(CC(=O)OC(C)(C)C)C(=O)N3Cc2ccc(F)c(F)c2)c1C(N)=O. The molecule has 2 N–H and O–H groups in total. The maximum Gasteiger partial charge on any atom is 0.310 e. The van der Waals surface area contributed by atoms with Gasteiger partial charge in [0.1, 0.15) is 11.4 Å². The van der Waals surface area contributed by atoms with Gasteiger partial charge >= 0.3 is 5.97 Å². The Balaban J connectivity index is 1.48. The molecule has 2 amide bonds. The average molecular weight is 702 g/mol. The van der Waals surface area contributed by atoms with Crippen molar-refractivity contribution in [1.29, 1.82) is 0 Å². The van der Waals surface area contributed by atoms with Crippen LogP contribution in [0.2, 0.25) is 0 Å². The molecule has 1 fully saturated rings. The van der Waals surface area contributed by atoms with E-state index in [2.05, 4.69) is 0 Å². The molecule has 6 rings (SSSR count). The average Bonchev–Trinajstić information content (AvgIpc) is 3.44. The highest BCUT2D eigenvalue weighted by molar-refractivity contribution is 6.09. The Morgan fingerprint density at radius 3 is 2.47 bits per heavy atom. The number of ether oxygens (including phenoxy) is 2. The second-order valence-electron chi connectivity index (χ2n) is 15.1. The maximum absolute atomic E-state index is 14.2. The molecule has 12 heteroatoms. The number of carbonyl (C=O) groups excluding carboxylic acids is 3. The van der Waals surface area contributed by atoms with Crippen molar-refractivity contribution in [2.45, 2.75) is 104 Å². The van der Waals surface area contributed by atoms with Crippen LogP contribution in [0, 0.1) is 23.5 Å². The molecule has 2 aromatic heterocycles. The van der Waals surface area contributed by atoms with Crippen molar-refractivity contribution >= 4 is 34.5 Å². The summed E-state index contributed by atoms with van der Waals surface area (Å²) in [5.41, 5.74) is 8.64. The first kappa shape index (κ1) is 35.9. The van der Waals surface area contributed by atoms with Crippen molar-refractivity contribution in [3.8, 4) is 16.9 Å². The number of primary amides is 1. The number of hydrogen-bond donors (Lipinski definition) is 1. The predicted octanol–water partition coefficient (Wildman–Crippen LogP) is 7.28. The summed E-state index contributed by atoms with van der Waals surface area (Å²) < 4.78 is 41.7. The van der Waals surface area contributed by atoms with E-state index in [1.54, 1.807) is 45.2 Å². The number of nitrogens with two attached hydrogens (primary N) is 1. The van der Waals surface area contributed by atoms with Gasteiger partial charge in [0.2, 0.25) is 0 Å². The summed E-state index contributed by atoms with van der Waals surface area (Å²) in [4.78, 5) is 46.4. The molecule has 4 aromatic rings. The van der Waals surface area contributed by atoms with Crippen LogP contribution in [0.15, 0.2) is 42.6 Å². The summed E-state index contributed by atoms with van der Waals surface area (Å²) in [6, 6.07) is 8.58. The Morgan fingerprint density at radius 1 is 1.06 bits per heavy atom. The number of amides is 2. The molecule has 2 aliphatic rings. The second kappa shape index (κ2) is 14.4. The number of carbonyl (C=O) groups is 3. The summed E-state index contributed by atoms with van der Waals surface area (Å²) in [6.07, 6.45) is 6.43. The van der Waals surface area contributed by atoms with Gasteiger partial charge in [0.05, 0.1) is 36.1 Å². The Labute approximate surface area is 296 Å². The molecule has 0 spiro atoms. The number of anilines is 1. The molecule has 10 nitrogen and oxygen atoms in total. The van der Waals surface area contributed by atoms with Crippen LogP contribution in [0.4, 0.5) is 14.5 Å². The molecule has 3 heterocycles. The van der Waals surface area contributed by atoms with Gasteiger partial charge in [-0.25, -0.2) is 18.4 Å². The van der Waals surface area contributed by atoms with E-state index in [0.717, 1.165) is 25.0 Å². The van der Waals surface area contributed by atoms with Crippen LogP contribution in [-0.4, -0.2) is 44.3 Å². The number of halogens is 2. The first-order valence-corrected chi connectivity index (χ1v) is 17.6. The van der Waals surface area contributed by atoms with Crippen molar-refractivity contribution in [1.82, 2.24) is 14.8 Å². The molecule has 1 saturated carbocycles. The molecule has 1 unspecified atom stereocenters. The Kier molecular flexibility index (Phi) is 10.1. The lowest BCUT2D eigenvalue weighted by molar-refractivity contribution is -0.158. The van der Waals surface area contributed by atoms with Crippen LogP contribution in [-0.2, 0) is 33.8 Å². The van der Waals surface area contributed by atoms with E-state index >= 15 is 0 Å². The van der Waals surface area contributed by atoms with E-state index in [1.165, 1.54) is 30.2 Å². The van der Waals surface area contributed by atoms with Crippen molar-refractivity contribution in [3.63, 3.8) is 0 Å². The minimum atomic E-state index is -1.27. The molecule has 0 radical (unpaired) electrons. The lowest BCUT2D eigenvalue weighted by Crippen LogP contribution is -2.47. The lowest BCUT2D eigenvalue weighted by Gasteiger charge is -2.35. The van der Waals surface area contributed by atoms with Gasteiger partial charge in [-0.05, 0) is 87.3 Å². The van der Waals surface area contributed by atoms with Gasteiger partial charge < -0.3 is 20.1 Å². The van der Waals surface area contributed by atoms with Crippen LogP contribution in [0.1, 0.15) is 94.8 Å². The number of benzene rings is 2. The van der Waals surface area contributed by atoms with Crippen LogP contribution < -0.4 is 15.4 Å². The highest BCUT2D eigenvalue weighted by atomic mass is 19.2. The van der Waals surface area contributed by atoms with Gasteiger partial charge in [-0.15, -0.1) is 0 Å². The molecule has 1 aliphatic heterocycles. The molecular weight excluding hydrogens is 656 g/mol. The summed E-state index contributed by atoms with van der Waals surface area (Å²) in [6.45, 7) is 9.87. The number of pyridine rings is 1. The van der Waals surface area contributed by atoms with E-state index in [-0.39, 0.29) is 30.2 Å². The zero-order valence-corrected chi connectivity index (χ0v) is 29.8. The van der Waals surface area contributed by atoms with E-state index in [9.17, 15) is 23.2 Å². The van der Waals surface area contributed by atoms with E-state index in [4.69, 9.17) is 25.3 Å². The molecule has 1 atom stereocenters. The van der Waals surface area contributed by atoms with Crippen LogP contribution in [0.3, 0.4) is 0 Å². The van der Waals surface area contributed by atoms with Crippen molar-refractivity contribution < 1.29 is 32.6 Å². The molecule has 0 bridgehead atoms. The first-order valence-electron chi connectivity index (χ1n) is 17.6. The van der Waals surface area contributed by atoms with E-state index < -0.39 is 41.1 Å². The number of nitrogens with zero attached hydrogens (tertiary/aromatic N) is 4. The Hall–Kier alpha value is -4.87. The lowest BCUT2D eigenvalue weighted by atomic mass is 9.89. The Bertz CT molecular complexity index is 1980. The van der Waals surface area contributed by atoms with E-state index in [1.807, 2.05) is 18.5 Å². The number of esters is 1. The van der Waals surface area contributed by atoms with Crippen LogP contribution >= 0.6 is 0 Å². The van der Waals surface area contributed by atoms with Gasteiger partial charge in [-0.3, -0.25) is 14.4 Å². The summed E-state index contributed by atoms with van der Waals surface area (Å²) in [7, 11) is 0. The van der Waals surface area contributed by atoms with Crippen molar-refractivity contribution in [2.24, 2.45) is 17.6 Å². The fraction of sp³-hybridized carbons (Fsp3) is 0.462. The minimum absolute atomic E-state index is 0.116. The summed E-state index contributed by atoms with van der Waals surface area (Å²) in [5.74, 6) is -2.96. The fourth-order valence-corrected chi connectivity index (χ4v) is 7.11. The second-order valence-corrected chi connectivity index (χ2v) is 15.1. The van der Waals surface area contributed by atoms with Gasteiger partial charge in [0.15, 0.2) is 23.4 Å². The zero-order valence-electron chi connectivity index (χ0n) is 29.8.